The smallest absolute Gasteiger partial charge is 0.270 e. The van der Waals surface area contributed by atoms with Gasteiger partial charge in [-0.15, -0.1) is 0 Å². The Labute approximate surface area is 101 Å². The number of rotatable bonds is 3. The van der Waals surface area contributed by atoms with Gasteiger partial charge in [-0.3, -0.25) is 4.72 Å². The van der Waals surface area contributed by atoms with E-state index in [9.17, 15) is 16.8 Å². The van der Waals surface area contributed by atoms with Crippen LogP contribution in [-0.2, 0) is 20.2 Å². The molecule has 7 nitrogen and oxygen atoms in total. The summed E-state index contributed by atoms with van der Waals surface area (Å²) >= 11 is 2.99. The van der Waals surface area contributed by atoms with Crippen LogP contribution in [0.5, 0.6) is 0 Å². The van der Waals surface area contributed by atoms with Crippen molar-refractivity contribution in [1.29, 1.82) is 0 Å². The normalized spacial score (nSPS) is 12.4. The van der Waals surface area contributed by atoms with E-state index >= 15 is 0 Å². The molecule has 1 rings (SSSR count). The van der Waals surface area contributed by atoms with Crippen LogP contribution in [-0.4, -0.2) is 16.8 Å². The van der Waals surface area contributed by atoms with Crippen LogP contribution in [0.25, 0.3) is 0 Å². The molecule has 0 saturated carbocycles. The highest BCUT2D eigenvalue weighted by molar-refractivity contribution is 9.10. The second-order valence-corrected chi connectivity index (χ2v) is 6.54. The van der Waals surface area contributed by atoms with Gasteiger partial charge in [-0.05, 0) is 34.1 Å². The first-order valence-electron chi connectivity index (χ1n) is 3.72. The fourth-order valence-electron chi connectivity index (χ4n) is 0.909. The monoisotopic (exact) mass is 329 g/mol. The first kappa shape index (κ1) is 13.4. The highest BCUT2D eigenvalue weighted by Gasteiger charge is 2.12. The van der Waals surface area contributed by atoms with Crippen molar-refractivity contribution >= 4 is 41.8 Å². The van der Waals surface area contributed by atoms with Crippen LogP contribution in [0.3, 0.4) is 0 Å². The quantitative estimate of drug-likeness (QED) is 0.702. The molecule has 0 amide bonds. The molecule has 0 unspecified atom stereocenters. The largest absolute Gasteiger partial charge is 0.296 e. The standard InChI is InChI=1S/C6H8BrN3O4S2/c7-5-3-4(15(8,11)12)1-2-6(5)10-16(9,13)14/h1-3,10H,(H2,8,11,12)(H2,9,13,14). The summed E-state index contributed by atoms with van der Waals surface area (Å²) in [4.78, 5) is -0.139. The lowest BCUT2D eigenvalue weighted by atomic mass is 10.3. The number of hydrogen-bond donors (Lipinski definition) is 3. The van der Waals surface area contributed by atoms with E-state index < -0.39 is 20.2 Å². The molecule has 5 N–H and O–H groups in total. The van der Waals surface area contributed by atoms with E-state index in [1.54, 1.807) is 0 Å². The van der Waals surface area contributed by atoms with Gasteiger partial charge in [0.05, 0.1) is 10.6 Å². The van der Waals surface area contributed by atoms with Crippen LogP contribution in [0.4, 0.5) is 5.69 Å². The number of primary sulfonamides is 1. The van der Waals surface area contributed by atoms with Gasteiger partial charge in [-0.1, -0.05) is 0 Å². The van der Waals surface area contributed by atoms with Crippen LogP contribution in [0.1, 0.15) is 0 Å². The van der Waals surface area contributed by atoms with Crippen molar-refractivity contribution in [3.05, 3.63) is 22.7 Å². The summed E-state index contributed by atoms with van der Waals surface area (Å²) in [5.41, 5.74) is 0.120. The Kier molecular flexibility index (Phi) is 3.59. The predicted octanol–water partition coefficient (Wildman–Crippen LogP) is -0.288. The van der Waals surface area contributed by atoms with Crippen LogP contribution >= 0.6 is 15.9 Å². The van der Waals surface area contributed by atoms with E-state index in [1.165, 1.54) is 12.1 Å². The van der Waals surface area contributed by atoms with E-state index in [1.807, 2.05) is 4.72 Å². The third-order valence-electron chi connectivity index (χ3n) is 1.52. The lowest BCUT2D eigenvalue weighted by molar-refractivity contribution is 0.597. The van der Waals surface area contributed by atoms with Crippen molar-refractivity contribution in [1.82, 2.24) is 0 Å². The van der Waals surface area contributed by atoms with E-state index in [-0.39, 0.29) is 15.1 Å². The van der Waals surface area contributed by atoms with Gasteiger partial charge in [0.1, 0.15) is 0 Å². The third kappa shape index (κ3) is 3.72. The maximum Gasteiger partial charge on any atom is 0.296 e. The molecule has 10 heteroatoms. The Morgan fingerprint density at radius 2 is 1.69 bits per heavy atom. The van der Waals surface area contributed by atoms with Crippen LogP contribution < -0.4 is 15.0 Å². The fourth-order valence-corrected chi connectivity index (χ4v) is 2.69. The summed E-state index contributed by atoms with van der Waals surface area (Å²) in [5, 5.41) is 9.65. The van der Waals surface area contributed by atoms with Gasteiger partial charge in [0.2, 0.25) is 10.0 Å². The summed E-state index contributed by atoms with van der Waals surface area (Å²) in [6.07, 6.45) is 0. The van der Waals surface area contributed by atoms with Gasteiger partial charge < -0.3 is 0 Å². The number of hydrogen-bond acceptors (Lipinski definition) is 4. The SMILES string of the molecule is NS(=O)(=O)Nc1ccc(S(N)(=O)=O)cc1Br. The molecule has 0 saturated heterocycles. The van der Waals surface area contributed by atoms with Gasteiger partial charge >= 0.3 is 0 Å². The molecule has 16 heavy (non-hydrogen) atoms. The summed E-state index contributed by atoms with van der Waals surface area (Å²) in [6, 6.07) is 3.56. The molecule has 90 valence electrons. The average molecular weight is 330 g/mol. The Balaban J connectivity index is 3.21. The Morgan fingerprint density at radius 1 is 1.12 bits per heavy atom. The minimum Gasteiger partial charge on any atom is -0.270 e. The van der Waals surface area contributed by atoms with Crippen molar-refractivity contribution in [2.45, 2.75) is 4.90 Å². The highest BCUT2D eigenvalue weighted by atomic mass is 79.9. The summed E-state index contributed by atoms with van der Waals surface area (Å²) in [5.74, 6) is 0. The Hall–Kier alpha value is -0.680. The van der Waals surface area contributed by atoms with Crippen LogP contribution in [0.2, 0.25) is 0 Å². The highest BCUT2D eigenvalue weighted by Crippen LogP contribution is 2.25. The molecule has 0 aromatic heterocycles. The molecule has 0 aliphatic carbocycles. The van der Waals surface area contributed by atoms with Gasteiger partial charge in [0.15, 0.2) is 0 Å². The van der Waals surface area contributed by atoms with Gasteiger partial charge in [-0.25, -0.2) is 18.7 Å². The fraction of sp³-hybridized carbons (Fsp3) is 0. The predicted molar refractivity (Wildman–Crippen MR) is 62.2 cm³/mol. The number of halogens is 1. The van der Waals surface area contributed by atoms with Crippen molar-refractivity contribution in [3.8, 4) is 0 Å². The zero-order chi connectivity index (χ0) is 12.6. The van der Waals surface area contributed by atoms with E-state index in [4.69, 9.17) is 10.3 Å². The summed E-state index contributed by atoms with van der Waals surface area (Å²) < 4.78 is 45.6. The lowest BCUT2D eigenvalue weighted by Gasteiger charge is -2.07. The number of sulfonamides is 1. The van der Waals surface area contributed by atoms with Gasteiger partial charge in [0, 0.05) is 4.47 Å². The third-order valence-corrected chi connectivity index (χ3v) is 3.59. The molecule has 0 fully saturated rings. The lowest BCUT2D eigenvalue weighted by Crippen LogP contribution is -2.22. The summed E-state index contributed by atoms with van der Waals surface area (Å²) in [6.45, 7) is 0. The van der Waals surface area contributed by atoms with Crippen molar-refractivity contribution in [3.63, 3.8) is 0 Å². The second-order valence-electron chi connectivity index (χ2n) is 2.83. The zero-order valence-electron chi connectivity index (χ0n) is 7.71. The first-order chi connectivity index (χ1) is 7.09. The van der Waals surface area contributed by atoms with Crippen LogP contribution in [0.15, 0.2) is 27.6 Å². The van der Waals surface area contributed by atoms with Gasteiger partial charge in [-0.2, -0.15) is 8.42 Å². The molecular formula is C6H8BrN3O4S2. The molecule has 0 radical (unpaired) electrons. The molecule has 0 heterocycles. The van der Waals surface area contributed by atoms with E-state index in [0.717, 1.165) is 6.07 Å². The molecular weight excluding hydrogens is 322 g/mol. The number of anilines is 1. The molecule has 1 aromatic rings. The van der Waals surface area contributed by atoms with E-state index in [2.05, 4.69) is 15.9 Å². The molecule has 1 aromatic carbocycles. The maximum absolute atomic E-state index is 11.0. The zero-order valence-corrected chi connectivity index (χ0v) is 10.9. The Bertz CT molecular complexity index is 611. The first-order valence-corrected chi connectivity index (χ1v) is 7.61. The number of nitrogens with two attached hydrogens (primary N) is 2. The van der Waals surface area contributed by atoms with Crippen molar-refractivity contribution in [2.75, 3.05) is 4.72 Å². The molecule has 0 aliphatic heterocycles. The molecule has 0 bridgehead atoms. The topological polar surface area (TPSA) is 132 Å². The van der Waals surface area contributed by atoms with Crippen LogP contribution in [0, 0.1) is 0 Å². The number of nitrogens with one attached hydrogen (secondary N) is 1. The molecule has 0 aliphatic rings. The van der Waals surface area contributed by atoms with Crippen molar-refractivity contribution in [2.24, 2.45) is 10.3 Å². The van der Waals surface area contributed by atoms with E-state index in [0.29, 0.717) is 0 Å². The maximum atomic E-state index is 11.0. The molecule has 0 spiro atoms. The van der Waals surface area contributed by atoms with Gasteiger partial charge in [0.25, 0.3) is 10.2 Å². The average Bonchev–Trinajstić information content (AvgIpc) is 2.04. The minimum absolute atomic E-state index is 0.120. The second kappa shape index (κ2) is 4.30. The molecule has 0 atom stereocenters. The Morgan fingerprint density at radius 3 is 2.06 bits per heavy atom. The number of benzene rings is 1. The summed E-state index contributed by atoms with van der Waals surface area (Å²) in [7, 11) is -7.73. The minimum atomic E-state index is -3.91. The van der Waals surface area contributed by atoms with Crippen molar-refractivity contribution < 1.29 is 16.8 Å².